The Morgan fingerprint density at radius 2 is 2.06 bits per heavy atom. The fourth-order valence-electron chi connectivity index (χ4n) is 3.60. The van der Waals surface area contributed by atoms with E-state index in [2.05, 4.69) is 34.4 Å². The Balaban J connectivity index is 1.45. The van der Waals surface area contributed by atoms with E-state index in [4.69, 9.17) is 0 Å². The van der Waals surface area contributed by atoms with Crippen LogP contribution in [0.5, 0.6) is 0 Å². The summed E-state index contributed by atoms with van der Waals surface area (Å²) in [6.07, 6.45) is 7.45. The van der Waals surface area contributed by atoms with E-state index in [0.29, 0.717) is 0 Å². The quantitative estimate of drug-likeness (QED) is 0.880. The zero-order valence-electron chi connectivity index (χ0n) is 11.2. The van der Waals surface area contributed by atoms with Crippen LogP contribution in [0.4, 0.5) is 0 Å². The largest absolute Gasteiger partial charge is 0.311 e. The lowest BCUT2D eigenvalue weighted by Gasteiger charge is -2.36. The Morgan fingerprint density at radius 1 is 1.28 bits per heavy atom. The van der Waals surface area contributed by atoms with Crippen LogP contribution in [0.3, 0.4) is 0 Å². The number of hydrogen-bond acceptors (Lipinski definition) is 3. The van der Waals surface area contributed by atoms with Gasteiger partial charge in [-0.3, -0.25) is 4.98 Å². The predicted octanol–water partition coefficient (Wildman–Crippen LogP) is 2.04. The van der Waals surface area contributed by atoms with Gasteiger partial charge in [-0.25, -0.2) is 0 Å². The Labute approximate surface area is 110 Å². The van der Waals surface area contributed by atoms with E-state index in [1.54, 1.807) is 0 Å². The van der Waals surface area contributed by atoms with Gasteiger partial charge < -0.3 is 10.2 Å². The van der Waals surface area contributed by atoms with Crippen molar-refractivity contribution in [1.29, 1.82) is 0 Å². The van der Waals surface area contributed by atoms with E-state index in [9.17, 15) is 0 Å². The van der Waals surface area contributed by atoms with Gasteiger partial charge in [-0.2, -0.15) is 0 Å². The van der Waals surface area contributed by atoms with Crippen molar-refractivity contribution in [3.63, 3.8) is 0 Å². The first-order valence-corrected chi connectivity index (χ1v) is 7.15. The predicted molar refractivity (Wildman–Crippen MR) is 73.2 cm³/mol. The number of nitrogens with one attached hydrogen (secondary N) is 1. The molecule has 0 radical (unpaired) electrons. The van der Waals surface area contributed by atoms with Crippen molar-refractivity contribution < 1.29 is 0 Å². The van der Waals surface area contributed by atoms with E-state index in [1.165, 1.54) is 25.7 Å². The fraction of sp³-hybridized carbons (Fsp3) is 0.667. The summed E-state index contributed by atoms with van der Waals surface area (Å²) in [6, 6.07) is 7.82. The normalized spacial score (nSPS) is 31.7. The summed E-state index contributed by atoms with van der Waals surface area (Å²) in [5.74, 6) is 0.863. The second-order valence-electron chi connectivity index (χ2n) is 5.84. The number of fused-ring (bicyclic) bond motifs is 2. The third kappa shape index (κ3) is 2.57. The standard InChI is InChI=1S/C15H23N3/c1-18-14-5-6-15(18)9-12(8-14)10-16-11-13-4-2-3-7-17-13/h2-4,7,12,14-16H,5-6,8-11H2,1H3. The van der Waals surface area contributed by atoms with Gasteiger partial charge in [-0.05, 0) is 57.3 Å². The fourth-order valence-corrected chi connectivity index (χ4v) is 3.60. The number of hydrogen-bond donors (Lipinski definition) is 1. The molecule has 2 aliphatic rings. The van der Waals surface area contributed by atoms with Crippen molar-refractivity contribution >= 4 is 0 Å². The molecule has 1 aromatic heterocycles. The molecule has 2 saturated heterocycles. The highest BCUT2D eigenvalue weighted by molar-refractivity contribution is 5.03. The molecule has 2 aliphatic heterocycles. The van der Waals surface area contributed by atoms with Crippen LogP contribution in [0.2, 0.25) is 0 Å². The lowest BCUT2D eigenvalue weighted by molar-refractivity contribution is 0.133. The van der Waals surface area contributed by atoms with Crippen molar-refractivity contribution in [3.8, 4) is 0 Å². The summed E-state index contributed by atoms with van der Waals surface area (Å²) >= 11 is 0. The lowest BCUT2D eigenvalue weighted by atomic mass is 9.91. The molecule has 1 N–H and O–H groups in total. The first-order chi connectivity index (χ1) is 8.83. The molecule has 3 heterocycles. The molecule has 2 atom stereocenters. The van der Waals surface area contributed by atoms with Crippen molar-refractivity contribution in [2.75, 3.05) is 13.6 Å². The van der Waals surface area contributed by atoms with E-state index in [0.717, 1.165) is 36.8 Å². The van der Waals surface area contributed by atoms with Crippen molar-refractivity contribution in [2.45, 2.75) is 44.3 Å². The van der Waals surface area contributed by atoms with Crippen LogP contribution in [0.15, 0.2) is 24.4 Å². The molecule has 0 spiro atoms. The molecule has 2 unspecified atom stereocenters. The summed E-state index contributed by atoms with van der Waals surface area (Å²) in [7, 11) is 2.31. The summed E-state index contributed by atoms with van der Waals surface area (Å²) in [4.78, 5) is 6.95. The van der Waals surface area contributed by atoms with Gasteiger partial charge in [0, 0.05) is 24.8 Å². The second kappa shape index (κ2) is 5.37. The van der Waals surface area contributed by atoms with Crippen molar-refractivity contribution in [1.82, 2.24) is 15.2 Å². The number of aromatic nitrogens is 1. The lowest BCUT2D eigenvalue weighted by Crippen LogP contribution is -2.42. The third-order valence-electron chi connectivity index (χ3n) is 4.66. The van der Waals surface area contributed by atoms with Gasteiger partial charge >= 0.3 is 0 Å². The number of piperidine rings is 1. The molecule has 0 amide bonds. The van der Waals surface area contributed by atoms with Crippen molar-refractivity contribution in [3.05, 3.63) is 30.1 Å². The van der Waals surface area contributed by atoms with E-state index < -0.39 is 0 Å². The average molecular weight is 245 g/mol. The Hall–Kier alpha value is -0.930. The molecule has 3 nitrogen and oxygen atoms in total. The highest BCUT2D eigenvalue weighted by atomic mass is 15.2. The third-order valence-corrected chi connectivity index (χ3v) is 4.66. The molecular formula is C15H23N3. The molecule has 0 aliphatic carbocycles. The minimum absolute atomic E-state index is 0.852. The second-order valence-corrected chi connectivity index (χ2v) is 5.84. The maximum absolute atomic E-state index is 4.34. The van der Waals surface area contributed by atoms with Crippen molar-refractivity contribution in [2.24, 2.45) is 5.92 Å². The van der Waals surface area contributed by atoms with Crippen LogP contribution in [0, 0.1) is 5.92 Å². The van der Waals surface area contributed by atoms with Crippen LogP contribution < -0.4 is 5.32 Å². The minimum Gasteiger partial charge on any atom is -0.311 e. The Bertz CT molecular complexity index is 365. The molecule has 3 rings (SSSR count). The zero-order chi connectivity index (χ0) is 12.4. The van der Waals surface area contributed by atoms with Gasteiger partial charge in [-0.1, -0.05) is 6.07 Å². The van der Waals surface area contributed by atoms with Crippen LogP contribution >= 0.6 is 0 Å². The monoisotopic (exact) mass is 245 g/mol. The topological polar surface area (TPSA) is 28.2 Å². The molecule has 98 valence electrons. The number of pyridine rings is 1. The van der Waals surface area contributed by atoms with Gasteiger partial charge in [0.1, 0.15) is 0 Å². The smallest absolute Gasteiger partial charge is 0.0541 e. The van der Waals surface area contributed by atoms with Crippen LogP contribution in [-0.4, -0.2) is 35.6 Å². The molecule has 3 heteroatoms. The maximum Gasteiger partial charge on any atom is 0.0541 e. The van der Waals surface area contributed by atoms with Crippen LogP contribution in [-0.2, 0) is 6.54 Å². The molecule has 2 fully saturated rings. The molecule has 0 saturated carbocycles. The first-order valence-electron chi connectivity index (χ1n) is 7.15. The molecule has 2 bridgehead atoms. The maximum atomic E-state index is 4.34. The molecule has 18 heavy (non-hydrogen) atoms. The van der Waals surface area contributed by atoms with Gasteiger partial charge in [0.15, 0.2) is 0 Å². The molecule has 1 aromatic rings. The highest BCUT2D eigenvalue weighted by Crippen LogP contribution is 2.36. The zero-order valence-corrected chi connectivity index (χ0v) is 11.2. The van der Waals surface area contributed by atoms with Gasteiger partial charge in [0.05, 0.1) is 5.69 Å². The van der Waals surface area contributed by atoms with E-state index >= 15 is 0 Å². The molecule has 0 aromatic carbocycles. The summed E-state index contributed by atoms with van der Waals surface area (Å²) < 4.78 is 0. The minimum atomic E-state index is 0.852. The Morgan fingerprint density at radius 3 is 2.72 bits per heavy atom. The van der Waals surface area contributed by atoms with Crippen LogP contribution in [0.25, 0.3) is 0 Å². The van der Waals surface area contributed by atoms with Gasteiger partial charge in [0.25, 0.3) is 0 Å². The average Bonchev–Trinajstić information content (AvgIpc) is 2.64. The van der Waals surface area contributed by atoms with E-state index in [-0.39, 0.29) is 0 Å². The van der Waals surface area contributed by atoms with E-state index in [1.807, 2.05) is 12.3 Å². The first kappa shape index (κ1) is 12.1. The van der Waals surface area contributed by atoms with Gasteiger partial charge in [-0.15, -0.1) is 0 Å². The van der Waals surface area contributed by atoms with Gasteiger partial charge in [0.2, 0.25) is 0 Å². The SMILES string of the molecule is CN1C2CCC1CC(CNCc1ccccn1)C2. The highest BCUT2D eigenvalue weighted by Gasteiger charge is 2.37. The number of rotatable bonds is 4. The number of nitrogens with zero attached hydrogens (tertiary/aromatic N) is 2. The summed E-state index contributed by atoms with van der Waals surface area (Å²) in [5.41, 5.74) is 1.15. The summed E-state index contributed by atoms with van der Waals surface area (Å²) in [6.45, 7) is 2.06. The molecular weight excluding hydrogens is 222 g/mol. The summed E-state index contributed by atoms with van der Waals surface area (Å²) in [5, 5.41) is 3.57. The Kier molecular flexibility index (Phi) is 3.62. The van der Waals surface area contributed by atoms with Crippen LogP contribution in [0.1, 0.15) is 31.4 Å².